The van der Waals surface area contributed by atoms with Gasteiger partial charge < -0.3 is 75.0 Å². The van der Waals surface area contributed by atoms with Crippen molar-refractivity contribution in [1.82, 2.24) is 0 Å². The average molecular weight is 1320 g/mol. The molecule has 0 bridgehead atoms. The van der Waals surface area contributed by atoms with Crippen LogP contribution in [0.3, 0.4) is 0 Å². The molecule has 1 aliphatic carbocycles. The molecule has 29 nitrogen and oxygen atoms in total. The summed E-state index contributed by atoms with van der Waals surface area (Å²) >= 11 is 0. The minimum Gasteiger partial charge on any atom is -0.446 e. The zero-order valence-electron chi connectivity index (χ0n) is 51.1. The Labute approximate surface area is 549 Å². The van der Waals surface area contributed by atoms with Gasteiger partial charge in [-0.25, -0.2) is 33.6 Å². The molecule has 502 valence electrons. The van der Waals surface area contributed by atoms with Crippen molar-refractivity contribution in [2.75, 3.05) is 50.4 Å². The van der Waals surface area contributed by atoms with Crippen molar-refractivity contribution >= 4 is 82.5 Å². The molecular formula is C67H71N11O18. The summed E-state index contributed by atoms with van der Waals surface area (Å²) in [6.07, 6.45) is -28.8. The van der Waals surface area contributed by atoms with E-state index in [1.807, 2.05) is 0 Å². The van der Waals surface area contributed by atoms with Crippen LogP contribution in [-0.2, 0) is 52.1 Å². The first-order valence-electron chi connectivity index (χ1n) is 30.4. The zero-order valence-corrected chi connectivity index (χ0v) is 51.1. The van der Waals surface area contributed by atoms with Gasteiger partial charge >= 0.3 is 42.7 Å². The van der Waals surface area contributed by atoms with E-state index in [2.05, 4.69) is 37.2 Å². The molecule has 15 N–H and O–H groups in total. The third kappa shape index (κ3) is 18.9. The van der Waals surface area contributed by atoms with E-state index in [0.29, 0.717) is 17.1 Å². The molecule has 29 heteroatoms. The summed E-state index contributed by atoms with van der Waals surface area (Å²) in [6, 6.07) is 53.2. The summed E-state index contributed by atoms with van der Waals surface area (Å²) in [6.45, 7) is -1.17. The molecule has 3 fully saturated rings. The predicted molar refractivity (Wildman–Crippen MR) is 348 cm³/mol. The zero-order chi connectivity index (χ0) is 67.3. The monoisotopic (exact) mass is 1320 g/mol. The van der Waals surface area contributed by atoms with E-state index < -0.39 is 148 Å². The van der Waals surface area contributed by atoms with Gasteiger partial charge in [0.1, 0.15) is 31.0 Å². The minimum absolute atomic E-state index is 0.246. The molecular weight excluding hydrogens is 1250 g/mol. The summed E-state index contributed by atoms with van der Waals surface area (Å²) in [4.78, 5) is 98.3. The quantitative estimate of drug-likeness (QED) is 0.0318. The van der Waals surface area contributed by atoms with Crippen LogP contribution < -0.4 is 60.2 Å². The topological polar surface area (TPSA) is 409 Å². The highest BCUT2D eigenvalue weighted by Gasteiger charge is 2.58. The molecule has 0 unspecified atom stereocenters. The van der Waals surface area contributed by atoms with Crippen LogP contribution in [0.2, 0.25) is 0 Å². The fraction of sp³-hybridized carbons (Fsp3) is 0.269. The van der Waals surface area contributed by atoms with Gasteiger partial charge in [-0.15, -0.1) is 0 Å². The molecule has 7 aromatic carbocycles. The first-order valence-corrected chi connectivity index (χ1v) is 30.4. The van der Waals surface area contributed by atoms with E-state index in [1.54, 1.807) is 212 Å². The maximum Gasteiger partial charge on any atom is 0.412 e. The lowest BCUT2D eigenvalue weighted by Gasteiger charge is -2.50. The Bertz CT molecular complexity index is 3660. The van der Waals surface area contributed by atoms with Gasteiger partial charge in [0.25, 0.3) is 0 Å². The maximum atomic E-state index is 14.5. The van der Waals surface area contributed by atoms with Crippen LogP contribution in [0.25, 0.3) is 0 Å². The van der Waals surface area contributed by atoms with Crippen LogP contribution in [0.15, 0.2) is 212 Å². The summed E-state index contributed by atoms with van der Waals surface area (Å²) in [5.41, 5.74) is 29.7. The number of nitrogens with one attached hydrogen (secondary N) is 7. The molecule has 1 saturated carbocycles. The Morgan fingerprint density at radius 1 is 0.323 bits per heavy atom. The molecule has 15 atom stereocenters. The van der Waals surface area contributed by atoms with Crippen molar-refractivity contribution in [3.8, 4) is 0 Å². The number of carbonyl (C=O) groups is 7. The van der Waals surface area contributed by atoms with E-state index in [1.165, 1.54) is 0 Å². The third-order valence-electron chi connectivity index (χ3n) is 15.1. The van der Waals surface area contributed by atoms with E-state index in [-0.39, 0.29) is 29.2 Å². The summed E-state index contributed by atoms with van der Waals surface area (Å²) < 4.78 is 69.2. The van der Waals surface area contributed by atoms with Crippen molar-refractivity contribution in [3.63, 3.8) is 0 Å². The van der Waals surface area contributed by atoms with Crippen molar-refractivity contribution < 1.29 is 85.7 Å². The Morgan fingerprint density at radius 2 is 0.583 bits per heavy atom. The van der Waals surface area contributed by atoms with E-state index in [0.717, 1.165) is 0 Å². The van der Waals surface area contributed by atoms with Gasteiger partial charge in [0.2, 0.25) is 0 Å². The predicted octanol–water partition coefficient (Wildman–Crippen LogP) is 8.50. The third-order valence-corrected chi connectivity index (χ3v) is 15.1. The fourth-order valence-corrected chi connectivity index (χ4v) is 10.7. The number of rotatable bonds is 20. The van der Waals surface area contributed by atoms with Crippen molar-refractivity contribution in [2.24, 2.45) is 22.9 Å². The number of carbonyl (C=O) groups excluding carboxylic acids is 7. The summed E-state index contributed by atoms with van der Waals surface area (Å²) in [5.74, 6) is 0. The standard InChI is InChI=1S/C67H71N11O18/c68-37-48-54(92-63(81)74-41-26-12-3-13-27-41)57(95-66(84)77-44-32-18-6-19-33-44)58(96-67(85)78-45-34-20-7-21-35-45)60(87-48)90-52-47(70)36-46(69)51(56(52)94-65(83)76-43-30-16-5-17-31-43)89-59-55(93-64(82)75-42-28-14-4-15-29-42)50(71)53(91-62(80)73-40-24-10-2-11-25-40)49(88-59)38-86-61(79)72-39-22-8-1-9-23-39/h1-35,46-60H,36-38,68-71H2,(H,72,79)(H,73,80)(H,74,81)(H,75,82)(H,76,83)(H,77,84)(H,78,85)/t46-,47+,48-,49-,50+,51+,52-,53-,54-,55-,56-,57+,58-,59-,60-/m1/s1. The number of ether oxygens (including phenoxy) is 11. The Morgan fingerprint density at radius 3 is 0.917 bits per heavy atom. The largest absolute Gasteiger partial charge is 0.446 e. The Balaban J connectivity index is 1.03. The normalized spacial score (nSPS) is 25.1. The lowest BCUT2D eigenvalue weighted by atomic mass is 9.84. The van der Waals surface area contributed by atoms with Crippen LogP contribution in [0.1, 0.15) is 6.42 Å². The number of hydrogen-bond donors (Lipinski definition) is 11. The molecule has 96 heavy (non-hydrogen) atoms. The molecule has 0 radical (unpaired) electrons. The van der Waals surface area contributed by atoms with E-state index >= 15 is 0 Å². The Kier molecular flexibility index (Phi) is 23.6. The number of para-hydroxylation sites is 7. The fourth-order valence-electron chi connectivity index (χ4n) is 10.7. The van der Waals surface area contributed by atoms with Crippen LogP contribution in [0, 0.1) is 0 Å². The summed E-state index contributed by atoms with van der Waals surface area (Å²) in [5, 5.41) is 18.3. The van der Waals surface area contributed by atoms with Crippen LogP contribution in [-0.4, -0.2) is 148 Å². The van der Waals surface area contributed by atoms with Gasteiger partial charge in [-0.2, -0.15) is 0 Å². The molecule has 0 spiro atoms. The van der Waals surface area contributed by atoms with Gasteiger partial charge in [0, 0.05) is 58.4 Å². The number of amides is 7. The van der Waals surface area contributed by atoms with Gasteiger partial charge in [-0.05, 0) is 91.3 Å². The number of benzene rings is 7. The van der Waals surface area contributed by atoms with Gasteiger partial charge in [-0.3, -0.25) is 37.2 Å². The molecule has 10 rings (SSSR count). The van der Waals surface area contributed by atoms with Crippen molar-refractivity contribution in [3.05, 3.63) is 212 Å². The minimum atomic E-state index is -1.96. The highest BCUT2D eigenvalue weighted by Crippen LogP contribution is 2.37. The van der Waals surface area contributed by atoms with E-state index in [4.69, 9.17) is 75.0 Å². The maximum absolute atomic E-state index is 14.5. The molecule has 7 aromatic rings. The number of nitrogens with two attached hydrogens (primary N) is 4. The SMILES string of the molecule is NC[C@H]1O[C@H](O[C@H]2[C@H](OC(=O)Nc3ccccc3)[C@@H](O[C@H]3O[C@H](COC(=O)Nc4ccccc4)[C@@H](OC(=O)Nc4ccccc4)[C@H](N)[C@H]3OC(=O)Nc3ccccc3)[C@H](N)C[C@@H]2N)[C@H](OC(=O)Nc2ccccc2)[C@@H](OC(=O)Nc2ccccc2)[C@@H]1OC(=O)Nc1ccccc1. The van der Waals surface area contributed by atoms with Gasteiger partial charge in [0.05, 0.1) is 6.04 Å². The molecule has 2 heterocycles. The molecule has 7 amide bonds. The second-order valence-electron chi connectivity index (χ2n) is 21.9. The smallest absolute Gasteiger partial charge is 0.412 e. The van der Waals surface area contributed by atoms with Crippen molar-refractivity contribution in [2.45, 2.75) is 98.2 Å². The van der Waals surface area contributed by atoms with Crippen molar-refractivity contribution in [1.29, 1.82) is 0 Å². The van der Waals surface area contributed by atoms with Gasteiger partial charge in [0.15, 0.2) is 49.2 Å². The first-order chi connectivity index (χ1) is 46.6. The van der Waals surface area contributed by atoms with Gasteiger partial charge in [-0.1, -0.05) is 127 Å². The molecule has 0 aromatic heterocycles. The average Bonchev–Trinajstić information content (AvgIpc) is 0.772. The van der Waals surface area contributed by atoms with E-state index in [9.17, 15) is 33.6 Å². The van der Waals surface area contributed by atoms with Crippen LogP contribution in [0.4, 0.5) is 73.4 Å². The molecule has 2 saturated heterocycles. The lowest BCUT2D eigenvalue weighted by molar-refractivity contribution is -0.328. The molecule has 3 aliphatic rings. The first kappa shape index (κ1) is 68.0. The highest BCUT2D eigenvalue weighted by molar-refractivity contribution is 5.88. The molecule has 2 aliphatic heterocycles. The highest BCUT2D eigenvalue weighted by atomic mass is 16.8. The second kappa shape index (κ2) is 33.3. The Hall–Kier alpha value is -10.9. The summed E-state index contributed by atoms with van der Waals surface area (Å²) in [7, 11) is 0. The number of anilines is 7. The second-order valence-corrected chi connectivity index (χ2v) is 21.9. The number of hydrogen-bond acceptors (Lipinski definition) is 22. The lowest BCUT2D eigenvalue weighted by Crippen LogP contribution is -2.70. The van der Waals surface area contributed by atoms with Crippen LogP contribution >= 0.6 is 0 Å². The van der Waals surface area contributed by atoms with Crippen LogP contribution in [0.5, 0.6) is 0 Å².